The van der Waals surface area contributed by atoms with Crippen LogP contribution < -0.4 is 0 Å². The second kappa shape index (κ2) is 7.62. The number of hydrogen-bond acceptors (Lipinski definition) is 2. The predicted octanol–water partition coefficient (Wildman–Crippen LogP) is 2.48. The highest BCUT2D eigenvalue weighted by molar-refractivity contribution is 5.86. The van der Waals surface area contributed by atoms with E-state index in [1.165, 1.54) is 18.4 Å². The maximum absolute atomic E-state index is 12.4. The molecule has 0 saturated carbocycles. The minimum absolute atomic E-state index is 0.126. The van der Waals surface area contributed by atoms with E-state index in [1.807, 2.05) is 23.1 Å². The van der Waals surface area contributed by atoms with E-state index in [2.05, 4.69) is 12.1 Å². The summed E-state index contributed by atoms with van der Waals surface area (Å²) < 4.78 is 0. The van der Waals surface area contributed by atoms with Crippen molar-refractivity contribution in [2.45, 2.75) is 38.5 Å². The van der Waals surface area contributed by atoms with Gasteiger partial charge in [-0.2, -0.15) is 0 Å². The van der Waals surface area contributed by atoms with Gasteiger partial charge in [0.05, 0.1) is 6.54 Å². The summed E-state index contributed by atoms with van der Waals surface area (Å²) in [6.07, 6.45) is 6.10. The number of carbonyl (C=O) groups is 2. The summed E-state index contributed by atoms with van der Waals surface area (Å²) in [7, 11) is 0. The van der Waals surface area contributed by atoms with Gasteiger partial charge in [-0.1, -0.05) is 43.2 Å². The normalized spacial score (nSPS) is 22.3. The monoisotopic (exact) mass is 314 g/mol. The fourth-order valence-corrected chi connectivity index (χ4v) is 3.67. The lowest BCUT2D eigenvalue weighted by molar-refractivity contribution is -0.138. The Labute approximate surface area is 138 Å². The summed E-state index contributed by atoms with van der Waals surface area (Å²) >= 11 is 0. The van der Waals surface area contributed by atoms with Crippen LogP contribution in [0.5, 0.6) is 0 Å². The summed E-state index contributed by atoms with van der Waals surface area (Å²) in [5.74, 6) is 0.594. The van der Waals surface area contributed by atoms with Crippen LogP contribution in [-0.2, 0) is 16.0 Å². The number of nitrogens with zero attached hydrogens (tertiary/aromatic N) is 2. The van der Waals surface area contributed by atoms with Crippen molar-refractivity contribution in [1.29, 1.82) is 0 Å². The first-order chi connectivity index (χ1) is 11.2. The Kier molecular flexibility index (Phi) is 5.31. The van der Waals surface area contributed by atoms with Crippen molar-refractivity contribution in [2.24, 2.45) is 5.92 Å². The fraction of sp³-hybridized carbons (Fsp3) is 0.579. The molecule has 0 aliphatic carbocycles. The molecule has 0 spiro atoms. The van der Waals surface area contributed by atoms with Gasteiger partial charge in [-0.25, -0.2) is 0 Å². The molecule has 3 rings (SSSR count). The van der Waals surface area contributed by atoms with Crippen molar-refractivity contribution in [2.75, 3.05) is 26.2 Å². The minimum atomic E-state index is 0.126. The number of rotatable bonds is 4. The van der Waals surface area contributed by atoms with Gasteiger partial charge < -0.3 is 9.80 Å². The highest BCUT2D eigenvalue weighted by atomic mass is 16.2. The third-order valence-corrected chi connectivity index (χ3v) is 4.95. The lowest BCUT2D eigenvalue weighted by Crippen LogP contribution is -2.41. The molecule has 0 radical (unpaired) electrons. The number of likely N-dealkylation sites (tertiary alicyclic amines) is 2. The van der Waals surface area contributed by atoms with Crippen LogP contribution in [0.4, 0.5) is 0 Å². The van der Waals surface area contributed by atoms with Gasteiger partial charge in [-0.05, 0) is 30.7 Å². The maximum Gasteiger partial charge on any atom is 0.242 e. The molecule has 4 nitrogen and oxygen atoms in total. The second-order valence-corrected chi connectivity index (χ2v) is 6.83. The number of hydrogen-bond donors (Lipinski definition) is 0. The Bertz CT molecular complexity index is 536. The van der Waals surface area contributed by atoms with Crippen molar-refractivity contribution < 1.29 is 9.59 Å². The molecule has 0 N–H and O–H groups in total. The van der Waals surface area contributed by atoms with Gasteiger partial charge in [0, 0.05) is 26.1 Å². The van der Waals surface area contributed by atoms with E-state index in [4.69, 9.17) is 0 Å². The molecule has 2 aliphatic heterocycles. The predicted molar refractivity (Wildman–Crippen MR) is 89.9 cm³/mol. The third kappa shape index (κ3) is 4.34. The molecule has 2 fully saturated rings. The van der Waals surface area contributed by atoms with Gasteiger partial charge in [0.1, 0.15) is 0 Å². The molecule has 0 unspecified atom stereocenters. The molecule has 0 aromatic heterocycles. The van der Waals surface area contributed by atoms with Crippen LogP contribution in [0.3, 0.4) is 0 Å². The molecule has 1 aromatic rings. The molecule has 2 amide bonds. The number of amides is 2. The van der Waals surface area contributed by atoms with E-state index < -0.39 is 0 Å². The van der Waals surface area contributed by atoms with Crippen molar-refractivity contribution in [3.63, 3.8) is 0 Å². The zero-order valence-electron chi connectivity index (χ0n) is 13.7. The van der Waals surface area contributed by atoms with Gasteiger partial charge in [0.15, 0.2) is 0 Å². The zero-order chi connectivity index (χ0) is 16.1. The first kappa shape index (κ1) is 16.0. The third-order valence-electron chi connectivity index (χ3n) is 4.95. The standard InChI is InChI=1S/C19H26N2O2/c22-18-13-17(12-16-8-4-3-5-9-16)14-21(18)15-19(23)20-10-6-1-2-7-11-20/h3-5,8-9,17H,1-2,6-7,10-15H2/t17-/m0/s1. The van der Waals surface area contributed by atoms with Crippen LogP contribution in [0.2, 0.25) is 0 Å². The lowest BCUT2D eigenvalue weighted by Gasteiger charge is -2.24. The Morgan fingerprint density at radius 1 is 1.04 bits per heavy atom. The lowest BCUT2D eigenvalue weighted by atomic mass is 9.99. The molecular weight excluding hydrogens is 288 g/mol. The van der Waals surface area contributed by atoms with Crippen LogP contribution in [0.15, 0.2) is 30.3 Å². The van der Waals surface area contributed by atoms with E-state index in [0.29, 0.717) is 18.9 Å². The summed E-state index contributed by atoms with van der Waals surface area (Å²) in [4.78, 5) is 28.4. The van der Waals surface area contributed by atoms with Gasteiger partial charge >= 0.3 is 0 Å². The first-order valence-corrected chi connectivity index (χ1v) is 8.82. The van der Waals surface area contributed by atoms with Gasteiger partial charge in [0.2, 0.25) is 11.8 Å². The summed E-state index contributed by atoms with van der Waals surface area (Å²) in [5, 5.41) is 0. The molecule has 2 heterocycles. The number of benzene rings is 1. The van der Waals surface area contributed by atoms with E-state index in [-0.39, 0.29) is 18.4 Å². The second-order valence-electron chi connectivity index (χ2n) is 6.83. The smallest absolute Gasteiger partial charge is 0.242 e. The minimum Gasteiger partial charge on any atom is -0.341 e. The quantitative estimate of drug-likeness (QED) is 0.856. The van der Waals surface area contributed by atoms with E-state index >= 15 is 0 Å². The Morgan fingerprint density at radius 3 is 2.43 bits per heavy atom. The summed E-state index contributed by atoms with van der Waals surface area (Å²) in [5.41, 5.74) is 1.27. The van der Waals surface area contributed by atoms with Gasteiger partial charge in [-0.3, -0.25) is 9.59 Å². The Balaban J connectivity index is 1.52. The molecule has 4 heteroatoms. The zero-order valence-corrected chi connectivity index (χ0v) is 13.7. The van der Waals surface area contributed by atoms with Crippen LogP contribution >= 0.6 is 0 Å². The van der Waals surface area contributed by atoms with E-state index in [9.17, 15) is 9.59 Å². The molecule has 1 atom stereocenters. The molecule has 124 valence electrons. The average molecular weight is 314 g/mol. The summed E-state index contributed by atoms with van der Waals surface area (Å²) in [6, 6.07) is 10.3. The molecule has 1 aromatic carbocycles. The van der Waals surface area contributed by atoms with Crippen LogP contribution in [0.25, 0.3) is 0 Å². The molecule has 2 saturated heterocycles. The van der Waals surface area contributed by atoms with E-state index in [1.54, 1.807) is 4.90 Å². The molecule has 0 bridgehead atoms. The highest BCUT2D eigenvalue weighted by Gasteiger charge is 2.31. The maximum atomic E-state index is 12.4. The SMILES string of the molecule is O=C(CN1C[C@@H](Cc2ccccc2)CC1=O)N1CCCCCC1. The van der Waals surface area contributed by atoms with Gasteiger partial charge in [-0.15, -0.1) is 0 Å². The van der Waals surface area contributed by atoms with Gasteiger partial charge in [0.25, 0.3) is 0 Å². The molecule has 23 heavy (non-hydrogen) atoms. The van der Waals surface area contributed by atoms with Crippen LogP contribution in [0, 0.1) is 5.92 Å². The Hall–Kier alpha value is -1.84. The van der Waals surface area contributed by atoms with Crippen LogP contribution in [-0.4, -0.2) is 47.8 Å². The van der Waals surface area contributed by atoms with Crippen LogP contribution in [0.1, 0.15) is 37.7 Å². The first-order valence-electron chi connectivity index (χ1n) is 8.82. The molecule has 2 aliphatic rings. The molecular formula is C19H26N2O2. The van der Waals surface area contributed by atoms with Crippen molar-refractivity contribution in [1.82, 2.24) is 9.80 Å². The largest absolute Gasteiger partial charge is 0.341 e. The van der Waals surface area contributed by atoms with Crippen molar-refractivity contribution in [3.8, 4) is 0 Å². The highest BCUT2D eigenvalue weighted by Crippen LogP contribution is 2.22. The Morgan fingerprint density at radius 2 is 1.74 bits per heavy atom. The van der Waals surface area contributed by atoms with E-state index in [0.717, 1.165) is 32.4 Å². The topological polar surface area (TPSA) is 40.6 Å². The fourth-order valence-electron chi connectivity index (χ4n) is 3.67. The average Bonchev–Trinajstić information content (AvgIpc) is 2.77. The van der Waals surface area contributed by atoms with Crippen molar-refractivity contribution in [3.05, 3.63) is 35.9 Å². The number of carbonyl (C=O) groups excluding carboxylic acids is 2. The van der Waals surface area contributed by atoms with Crippen molar-refractivity contribution >= 4 is 11.8 Å². The summed E-state index contributed by atoms with van der Waals surface area (Å²) in [6.45, 7) is 2.69.